The number of fused-ring (bicyclic) bond motifs is 2. The maximum Gasteiger partial charge on any atom is 0.188 e. The molecule has 0 radical (unpaired) electrons. The van der Waals surface area contributed by atoms with Gasteiger partial charge in [-0.2, -0.15) is 0 Å². The molecule has 94 valence electrons. The quantitative estimate of drug-likeness (QED) is 0.656. The maximum atomic E-state index is 5.81. The Balaban J connectivity index is 1.72. The van der Waals surface area contributed by atoms with Gasteiger partial charge in [0, 0.05) is 12.0 Å². The lowest BCUT2D eigenvalue weighted by atomic mass is 9.73. The maximum absolute atomic E-state index is 5.81. The second kappa shape index (κ2) is 3.59. The zero-order valence-electron chi connectivity index (χ0n) is 10.2. The molecule has 2 heterocycles. The van der Waals surface area contributed by atoms with Gasteiger partial charge in [0.2, 0.25) is 0 Å². The van der Waals surface area contributed by atoms with E-state index in [1.807, 2.05) is 12.1 Å². The molecule has 1 atom stereocenters. The highest BCUT2D eigenvalue weighted by Gasteiger charge is 2.46. The minimum absolute atomic E-state index is 0.0250. The summed E-state index contributed by atoms with van der Waals surface area (Å²) in [5.41, 5.74) is 1.33. The molecule has 1 aliphatic carbocycles. The third-order valence-electron chi connectivity index (χ3n) is 4.26. The van der Waals surface area contributed by atoms with Crippen LogP contribution in [-0.2, 0) is 14.9 Å². The van der Waals surface area contributed by atoms with Gasteiger partial charge >= 0.3 is 0 Å². The van der Waals surface area contributed by atoms with E-state index >= 15 is 0 Å². The highest BCUT2D eigenvalue weighted by Crippen LogP contribution is 2.47. The van der Waals surface area contributed by atoms with Crippen LogP contribution in [0.2, 0.25) is 0 Å². The second-order valence-electron chi connectivity index (χ2n) is 5.28. The average Bonchev–Trinajstić information content (AvgIpc) is 3.01. The van der Waals surface area contributed by atoms with Crippen LogP contribution in [0.5, 0.6) is 5.75 Å². The molecule has 1 fully saturated rings. The van der Waals surface area contributed by atoms with Crippen molar-refractivity contribution >= 4 is 0 Å². The van der Waals surface area contributed by atoms with Crippen molar-refractivity contribution in [3.8, 4) is 5.75 Å². The molecule has 0 bridgehead atoms. The largest absolute Gasteiger partial charge is 0.492 e. The predicted octanol–water partition coefficient (Wildman–Crippen LogP) is 2.41. The van der Waals surface area contributed by atoms with Crippen LogP contribution in [0.15, 0.2) is 36.4 Å². The first kappa shape index (κ1) is 10.6. The Bertz CT molecular complexity index is 502. The summed E-state index contributed by atoms with van der Waals surface area (Å²) >= 11 is 0. The van der Waals surface area contributed by atoms with Crippen molar-refractivity contribution in [2.24, 2.45) is 0 Å². The highest BCUT2D eigenvalue weighted by atomic mass is 16.7. The number of hydrogen-bond donors (Lipinski definition) is 0. The van der Waals surface area contributed by atoms with E-state index < -0.39 is 5.79 Å². The van der Waals surface area contributed by atoms with Gasteiger partial charge in [-0.1, -0.05) is 24.3 Å². The molecule has 1 aromatic carbocycles. The number of rotatable bonds is 0. The molecular weight excluding hydrogens is 228 g/mol. The van der Waals surface area contributed by atoms with Crippen LogP contribution < -0.4 is 4.74 Å². The number of para-hydroxylation sites is 1. The van der Waals surface area contributed by atoms with E-state index in [0.717, 1.165) is 25.2 Å². The number of hydrogen-bond acceptors (Lipinski definition) is 3. The van der Waals surface area contributed by atoms with Crippen molar-refractivity contribution in [2.45, 2.75) is 24.0 Å². The summed E-state index contributed by atoms with van der Waals surface area (Å²) in [5, 5.41) is 0. The molecule has 0 aromatic heterocycles. The van der Waals surface area contributed by atoms with Crippen molar-refractivity contribution in [3.63, 3.8) is 0 Å². The molecule has 2 spiro atoms. The van der Waals surface area contributed by atoms with Crippen LogP contribution in [0, 0.1) is 0 Å². The lowest BCUT2D eigenvalue weighted by Crippen LogP contribution is -2.38. The van der Waals surface area contributed by atoms with Gasteiger partial charge in [-0.05, 0) is 18.6 Å². The second-order valence-corrected chi connectivity index (χ2v) is 5.28. The Labute approximate surface area is 106 Å². The standard InChI is InChI=1S/C15H16O3/c1-2-4-13-12(3-1)14(11-16-13)5-7-15(8-6-14)17-9-10-18-15/h1-5,7H,6,8-11H2/t14-/m0/s1. The normalized spacial score (nSPS) is 31.8. The molecule has 1 saturated heterocycles. The van der Waals surface area contributed by atoms with Crippen LogP contribution in [-0.4, -0.2) is 25.6 Å². The van der Waals surface area contributed by atoms with Crippen LogP contribution in [0.4, 0.5) is 0 Å². The lowest BCUT2D eigenvalue weighted by Gasteiger charge is -2.35. The van der Waals surface area contributed by atoms with Crippen molar-refractivity contribution in [3.05, 3.63) is 42.0 Å². The molecule has 0 saturated carbocycles. The fraction of sp³-hybridized carbons (Fsp3) is 0.467. The first-order chi connectivity index (χ1) is 8.82. The van der Waals surface area contributed by atoms with E-state index in [4.69, 9.17) is 14.2 Å². The fourth-order valence-electron chi connectivity index (χ4n) is 3.19. The number of ether oxygens (including phenoxy) is 3. The average molecular weight is 244 g/mol. The molecule has 0 N–H and O–H groups in total. The van der Waals surface area contributed by atoms with Crippen LogP contribution in [0.1, 0.15) is 18.4 Å². The van der Waals surface area contributed by atoms with Gasteiger partial charge in [0.25, 0.3) is 0 Å². The van der Waals surface area contributed by atoms with Crippen molar-refractivity contribution in [2.75, 3.05) is 19.8 Å². The summed E-state index contributed by atoms with van der Waals surface area (Å²) in [6.45, 7) is 2.13. The van der Waals surface area contributed by atoms with Gasteiger partial charge in [-0.25, -0.2) is 0 Å². The summed E-state index contributed by atoms with van der Waals surface area (Å²) in [7, 11) is 0. The summed E-state index contributed by atoms with van der Waals surface area (Å²) in [5.74, 6) is 0.564. The van der Waals surface area contributed by atoms with Gasteiger partial charge in [-0.15, -0.1) is 0 Å². The molecule has 1 aromatic rings. The Morgan fingerprint density at radius 2 is 1.78 bits per heavy atom. The summed E-state index contributed by atoms with van der Waals surface area (Å²) < 4.78 is 17.3. The van der Waals surface area contributed by atoms with Crippen LogP contribution in [0.3, 0.4) is 0 Å². The Kier molecular flexibility index (Phi) is 2.11. The monoisotopic (exact) mass is 244 g/mol. The first-order valence-electron chi connectivity index (χ1n) is 6.53. The summed E-state index contributed by atoms with van der Waals surface area (Å²) in [4.78, 5) is 0. The van der Waals surface area contributed by atoms with E-state index in [2.05, 4.69) is 24.3 Å². The van der Waals surface area contributed by atoms with Crippen molar-refractivity contribution < 1.29 is 14.2 Å². The minimum Gasteiger partial charge on any atom is -0.492 e. The van der Waals surface area contributed by atoms with Gasteiger partial charge in [0.15, 0.2) is 5.79 Å². The van der Waals surface area contributed by atoms with Gasteiger partial charge in [0.1, 0.15) is 12.4 Å². The Morgan fingerprint density at radius 3 is 2.56 bits per heavy atom. The SMILES string of the molecule is C1=C[C@]2(CCC13OCCO3)COc1ccccc12. The third kappa shape index (κ3) is 1.38. The molecule has 18 heavy (non-hydrogen) atoms. The zero-order valence-corrected chi connectivity index (χ0v) is 10.2. The van der Waals surface area contributed by atoms with E-state index in [1.165, 1.54) is 5.56 Å². The molecule has 0 unspecified atom stereocenters. The van der Waals surface area contributed by atoms with E-state index in [-0.39, 0.29) is 5.41 Å². The van der Waals surface area contributed by atoms with Gasteiger partial charge in [0.05, 0.1) is 18.6 Å². The number of benzene rings is 1. The van der Waals surface area contributed by atoms with Crippen LogP contribution in [0.25, 0.3) is 0 Å². The van der Waals surface area contributed by atoms with E-state index in [1.54, 1.807) is 0 Å². The van der Waals surface area contributed by atoms with Crippen molar-refractivity contribution in [1.29, 1.82) is 0 Å². The topological polar surface area (TPSA) is 27.7 Å². The Morgan fingerprint density at radius 1 is 0.944 bits per heavy atom. The zero-order chi connectivity index (χ0) is 12.1. The molecule has 4 rings (SSSR count). The molecule has 3 nitrogen and oxygen atoms in total. The molecule has 0 amide bonds. The predicted molar refractivity (Wildman–Crippen MR) is 66.6 cm³/mol. The van der Waals surface area contributed by atoms with Crippen LogP contribution >= 0.6 is 0 Å². The van der Waals surface area contributed by atoms with E-state index in [9.17, 15) is 0 Å². The summed E-state index contributed by atoms with van der Waals surface area (Å²) in [6.07, 6.45) is 6.24. The molecular formula is C15H16O3. The third-order valence-corrected chi connectivity index (χ3v) is 4.26. The van der Waals surface area contributed by atoms with E-state index in [0.29, 0.717) is 13.2 Å². The Hall–Kier alpha value is -1.32. The molecule has 3 aliphatic rings. The summed E-state index contributed by atoms with van der Waals surface area (Å²) in [6, 6.07) is 8.32. The van der Waals surface area contributed by atoms with Gasteiger partial charge < -0.3 is 14.2 Å². The smallest absolute Gasteiger partial charge is 0.188 e. The lowest BCUT2D eigenvalue weighted by molar-refractivity contribution is -0.128. The molecule has 2 aliphatic heterocycles. The van der Waals surface area contributed by atoms with Gasteiger partial charge in [-0.3, -0.25) is 0 Å². The highest BCUT2D eigenvalue weighted by molar-refractivity contribution is 5.47. The fourth-order valence-corrected chi connectivity index (χ4v) is 3.19. The molecule has 3 heteroatoms. The first-order valence-corrected chi connectivity index (χ1v) is 6.53. The van der Waals surface area contributed by atoms with Crippen molar-refractivity contribution in [1.82, 2.24) is 0 Å². The minimum atomic E-state index is -0.456.